The Bertz CT molecular complexity index is 971. The maximum atomic E-state index is 5.89. The van der Waals surface area contributed by atoms with Gasteiger partial charge in [0.2, 0.25) is 0 Å². The number of aromatic nitrogens is 2. The second-order valence-corrected chi connectivity index (χ2v) is 10.1. The largest absolute Gasteiger partial charge is 0.494 e. The van der Waals surface area contributed by atoms with Crippen LogP contribution in [0.3, 0.4) is 0 Å². The van der Waals surface area contributed by atoms with Gasteiger partial charge in [-0.25, -0.2) is 4.98 Å². The summed E-state index contributed by atoms with van der Waals surface area (Å²) in [6.07, 6.45) is 9.57. The van der Waals surface area contributed by atoms with Gasteiger partial charge in [0.25, 0.3) is 0 Å². The third kappa shape index (κ3) is 8.91. The summed E-state index contributed by atoms with van der Waals surface area (Å²) in [7, 11) is 0. The van der Waals surface area contributed by atoms with Gasteiger partial charge in [0.15, 0.2) is 5.13 Å². The van der Waals surface area contributed by atoms with Crippen LogP contribution >= 0.6 is 11.3 Å². The Hall–Kier alpha value is -2.48. The monoisotopic (exact) mass is 493 g/mol. The predicted octanol–water partition coefficient (Wildman–Crippen LogP) is 6.34. The van der Waals surface area contributed by atoms with E-state index in [1.165, 1.54) is 32.1 Å². The van der Waals surface area contributed by atoms with E-state index in [9.17, 15) is 0 Å². The van der Waals surface area contributed by atoms with Crippen LogP contribution in [0.25, 0.3) is 0 Å². The van der Waals surface area contributed by atoms with Crippen molar-refractivity contribution in [2.75, 3.05) is 38.1 Å². The molecule has 0 saturated carbocycles. The average molecular weight is 494 g/mol. The minimum atomic E-state index is 0.798. The quantitative estimate of drug-likeness (QED) is 0.265. The Kier molecular flexibility index (Phi) is 10.4. The highest BCUT2D eigenvalue weighted by atomic mass is 32.1. The van der Waals surface area contributed by atoms with Crippen molar-refractivity contribution >= 4 is 22.2 Å². The maximum Gasteiger partial charge on any atom is 0.187 e. The first-order chi connectivity index (χ1) is 17.3. The predicted molar refractivity (Wildman–Crippen MR) is 146 cm³/mol. The molecule has 35 heavy (non-hydrogen) atoms. The van der Waals surface area contributed by atoms with E-state index in [-0.39, 0.29) is 0 Å². The fourth-order valence-corrected chi connectivity index (χ4v) is 5.04. The van der Waals surface area contributed by atoms with Crippen LogP contribution < -0.4 is 10.1 Å². The molecular formula is C28H39N5OS. The lowest BCUT2D eigenvalue weighted by atomic mass is 10.1. The van der Waals surface area contributed by atoms with Gasteiger partial charge in [-0.2, -0.15) is 0 Å². The second kappa shape index (κ2) is 14.2. The third-order valence-electron chi connectivity index (χ3n) is 6.39. The summed E-state index contributed by atoms with van der Waals surface area (Å²) in [5.41, 5.74) is 3.32. The third-order valence-corrected chi connectivity index (χ3v) is 7.19. The number of benzene rings is 1. The number of anilines is 2. The number of ether oxygens (including phenoxy) is 1. The zero-order valence-electron chi connectivity index (χ0n) is 21.0. The molecule has 6 nitrogen and oxygen atoms in total. The van der Waals surface area contributed by atoms with E-state index >= 15 is 0 Å². The van der Waals surface area contributed by atoms with Gasteiger partial charge in [-0.1, -0.05) is 45.1 Å². The molecule has 0 bridgehead atoms. The van der Waals surface area contributed by atoms with Crippen LogP contribution in [0.15, 0.2) is 54.0 Å². The highest BCUT2D eigenvalue weighted by Gasteiger charge is 2.18. The van der Waals surface area contributed by atoms with Gasteiger partial charge in [0.1, 0.15) is 5.75 Å². The molecule has 0 amide bonds. The van der Waals surface area contributed by atoms with Crippen molar-refractivity contribution in [2.24, 2.45) is 0 Å². The number of unbranched alkanes of at least 4 members (excludes halogenated alkanes) is 5. The first-order valence-electron chi connectivity index (χ1n) is 13.1. The minimum Gasteiger partial charge on any atom is -0.494 e. The van der Waals surface area contributed by atoms with E-state index < -0.39 is 0 Å². The van der Waals surface area contributed by atoms with E-state index in [2.05, 4.69) is 56.7 Å². The minimum absolute atomic E-state index is 0.798. The van der Waals surface area contributed by atoms with E-state index in [1.54, 1.807) is 11.3 Å². The van der Waals surface area contributed by atoms with Crippen molar-refractivity contribution in [2.45, 2.75) is 58.5 Å². The van der Waals surface area contributed by atoms with Crippen molar-refractivity contribution in [3.05, 3.63) is 65.4 Å². The Morgan fingerprint density at radius 3 is 2.29 bits per heavy atom. The van der Waals surface area contributed by atoms with Gasteiger partial charge >= 0.3 is 0 Å². The molecule has 7 heteroatoms. The van der Waals surface area contributed by atoms with Gasteiger partial charge in [-0.3, -0.25) is 14.8 Å². The lowest BCUT2D eigenvalue weighted by molar-refractivity contribution is 0.120. The SMILES string of the molecule is CCCCCCCCOc1ccc(Nc2nc(CN3CCN(Cc4ccccn4)CC3)cs2)cc1. The molecular weight excluding hydrogens is 454 g/mol. The van der Waals surface area contributed by atoms with Crippen LogP contribution in [-0.4, -0.2) is 52.6 Å². The summed E-state index contributed by atoms with van der Waals surface area (Å²) in [4.78, 5) is 14.2. The number of thiazole rings is 1. The van der Waals surface area contributed by atoms with Crippen LogP contribution in [0.2, 0.25) is 0 Å². The van der Waals surface area contributed by atoms with Crippen molar-refractivity contribution in [1.29, 1.82) is 0 Å². The molecule has 0 aliphatic carbocycles. The molecule has 0 radical (unpaired) electrons. The molecule has 1 aliphatic heterocycles. The molecule has 3 aromatic rings. The number of hydrogen-bond acceptors (Lipinski definition) is 7. The molecule has 0 atom stereocenters. The molecule has 1 N–H and O–H groups in total. The van der Waals surface area contributed by atoms with Crippen LogP contribution in [0.1, 0.15) is 56.8 Å². The van der Waals surface area contributed by atoms with Crippen molar-refractivity contribution in [3.8, 4) is 5.75 Å². The molecule has 4 rings (SSSR count). The van der Waals surface area contributed by atoms with E-state index in [0.717, 1.165) is 80.3 Å². The maximum absolute atomic E-state index is 5.89. The number of nitrogens with zero attached hydrogens (tertiary/aromatic N) is 4. The molecule has 1 fully saturated rings. The van der Waals surface area contributed by atoms with Crippen molar-refractivity contribution in [3.63, 3.8) is 0 Å². The van der Waals surface area contributed by atoms with Crippen molar-refractivity contribution in [1.82, 2.24) is 19.8 Å². The topological polar surface area (TPSA) is 53.5 Å². The zero-order valence-corrected chi connectivity index (χ0v) is 21.8. The normalized spacial score (nSPS) is 14.8. The van der Waals surface area contributed by atoms with Crippen LogP contribution in [0, 0.1) is 0 Å². The Balaban J connectivity index is 1.14. The molecule has 0 spiro atoms. The molecule has 1 saturated heterocycles. The van der Waals surface area contributed by atoms with Gasteiger partial charge < -0.3 is 10.1 Å². The van der Waals surface area contributed by atoms with Crippen LogP contribution in [0.5, 0.6) is 5.75 Å². The smallest absolute Gasteiger partial charge is 0.187 e. The number of piperazine rings is 1. The van der Waals surface area contributed by atoms with Gasteiger partial charge in [-0.05, 0) is 42.8 Å². The van der Waals surface area contributed by atoms with Gasteiger partial charge in [0, 0.05) is 56.5 Å². The first kappa shape index (κ1) is 25.6. The Morgan fingerprint density at radius 1 is 0.857 bits per heavy atom. The Labute approximate surface area is 214 Å². The number of nitrogens with one attached hydrogen (secondary N) is 1. The summed E-state index contributed by atoms with van der Waals surface area (Å²) < 4.78 is 5.89. The molecule has 0 unspecified atom stereocenters. The first-order valence-corrected chi connectivity index (χ1v) is 14.0. The average Bonchev–Trinajstić information content (AvgIpc) is 3.33. The summed E-state index contributed by atoms with van der Waals surface area (Å²) in [6, 6.07) is 14.4. The fourth-order valence-electron chi connectivity index (χ4n) is 4.32. The molecule has 3 heterocycles. The summed E-state index contributed by atoms with van der Waals surface area (Å²) in [6.45, 7) is 9.15. The van der Waals surface area contributed by atoms with Gasteiger partial charge in [0.05, 0.1) is 18.0 Å². The van der Waals surface area contributed by atoms with Crippen molar-refractivity contribution < 1.29 is 4.74 Å². The van der Waals surface area contributed by atoms with E-state index in [4.69, 9.17) is 9.72 Å². The lowest BCUT2D eigenvalue weighted by Gasteiger charge is -2.34. The summed E-state index contributed by atoms with van der Waals surface area (Å²) in [5, 5.41) is 6.54. The van der Waals surface area contributed by atoms with Gasteiger partial charge in [-0.15, -0.1) is 11.3 Å². The summed E-state index contributed by atoms with van der Waals surface area (Å²) in [5.74, 6) is 0.936. The Morgan fingerprint density at radius 2 is 1.57 bits per heavy atom. The summed E-state index contributed by atoms with van der Waals surface area (Å²) >= 11 is 1.67. The second-order valence-electron chi connectivity index (χ2n) is 9.28. The molecule has 188 valence electrons. The van der Waals surface area contributed by atoms with E-state index in [1.807, 2.05) is 24.4 Å². The molecule has 1 aliphatic rings. The van der Waals surface area contributed by atoms with E-state index in [0.29, 0.717) is 0 Å². The zero-order chi connectivity index (χ0) is 24.1. The highest BCUT2D eigenvalue weighted by Crippen LogP contribution is 2.24. The van der Waals surface area contributed by atoms with Crippen LogP contribution in [0.4, 0.5) is 10.8 Å². The number of hydrogen-bond donors (Lipinski definition) is 1. The van der Waals surface area contributed by atoms with Crippen LogP contribution in [-0.2, 0) is 13.1 Å². The number of pyridine rings is 1. The fraction of sp³-hybridized carbons (Fsp3) is 0.500. The highest BCUT2D eigenvalue weighted by molar-refractivity contribution is 7.13. The molecule has 2 aromatic heterocycles. The standard InChI is InChI=1S/C28H39N5OS/c1-2-3-4-5-6-9-20-34-27-13-11-24(12-14-27)30-28-31-26(23-35-28)22-33-18-16-32(17-19-33)21-25-10-7-8-15-29-25/h7-8,10-15,23H,2-6,9,16-22H2,1H3,(H,30,31). The number of rotatable bonds is 14. The molecule has 1 aromatic carbocycles. The lowest BCUT2D eigenvalue weighted by Crippen LogP contribution is -2.45.